The van der Waals surface area contributed by atoms with Gasteiger partial charge in [0.1, 0.15) is 0 Å². The summed E-state index contributed by atoms with van der Waals surface area (Å²) in [5.41, 5.74) is 2.02. The number of benzene rings is 2. The number of Topliss-reactive ketones (excluding diaryl/α,β-unsaturated/α-hetero) is 1. The van der Waals surface area contributed by atoms with Gasteiger partial charge in [-0.15, -0.1) is 0 Å². The largest absolute Gasteiger partial charge is 0.503 e. The molecule has 0 aromatic heterocycles. The third kappa shape index (κ3) is 3.76. The van der Waals surface area contributed by atoms with E-state index >= 15 is 0 Å². The molecule has 1 atom stereocenters. The standard InChI is InChI=1S/C20H17Br2NO3/c1-12(24)17-18(14-5-7-15(21)8-6-14)23(20(26)19(17)25)10-9-13-3-2-4-16(22)11-13/h2-8,11,18,25H,9-10H2,1H3. The van der Waals surface area contributed by atoms with E-state index in [-0.39, 0.29) is 11.4 Å². The smallest absolute Gasteiger partial charge is 0.290 e. The van der Waals surface area contributed by atoms with Gasteiger partial charge in [-0.05, 0) is 48.7 Å². The van der Waals surface area contributed by atoms with E-state index in [0.717, 1.165) is 20.1 Å². The van der Waals surface area contributed by atoms with Crippen LogP contribution in [-0.2, 0) is 16.0 Å². The maximum atomic E-state index is 12.6. The van der Waals surface area contributed by atoms with Crippen LogP contribution in [0.3, 0.4) is 0 Å². The van der Waals surface area contributed by atoms with Crippen LogP contribution in [0.4, 0.5) is 0 Å². The topological polar surface area (TPSA) is 57.6 Å². The quantitative estimate of drug-likeness (QED) is 0.675. The molecule has 1 aliphatic heterocycles. The van der Waals surface area contributed by atoms with Crippen LogP contribution in [0.5, 0.6) is 0 Å². The molecule has 6 heteroatoms. The van der Waals surface area contributed by atoms with Gasteiger partial charge in [0.15, 0.2) is 11.5 Å². The second-order valence-corrected chi connectivity index (χ2v) is 7.98. The lowest BCUT2D eigenvalue weighted by Gasteiger charge is -2.26. The van der Waals surface area contributed by atoms with Crippen LogP contribution >= 0.6 is 31.9 Å². The molecule has 26 heavy (non-hydrogen) atoms. The van der Waals surface area contributed by atoms with Crippen molar-refractivity contribution in [3.8, 4) is 0 Å². The highest BCUT2D eigenvalue weighted by Crippen LogP contribution is 2.38. The van der Waals surface area contributed by atoms with Gasteiger partial charge in [0.25, 0.3) is 5.91 Å². The molecule has 0 saturated carbocycles. The van der Waals surface area contributed by atoms with Gasteiger partial charge in [-0.1, -0.05) is 56.1 Å². The monoisotopic (exact) mass is 477 g/mol. The van der Waals surface area contributed by atoms with Crippen LogP contribution < -0.4 is 0 Å². The molecule has 1 N–H and O–H groups in total. The average Bonchev–Trinajstić information content (AvgIpc) is 2.85. The Morgan fingerprint density at radius 2 is 1.81 bits per heavy atom. The summed E-state index contributed by atoms with van der Waals surface area (Å²) in [6.07, 6.45) is 0.622. The van der Waals surface area contributed by atoms with Gasteiger partial charge in [-0.3, -0.25) is 9.59 Å². The van der Waals surface area contributed by atoms with Crippen LogP contribution in [0.2, 0.25) is 0 Å². The molecule has 0 spiro atoms. The van der Waals surface area contributed by atoms with Crippen molar-refractivity contribution in [2.45, 2.75) is 19.4 Å². The third-order valence-electron chi connectivity index (χ3n) is 4.40. The van der Waals surface area contributed by atoms with Crippen LogP contribution in [0.25, 0.3) is 0 Å². The Labute approximate surface area is 168 Å². The molecule has 4 nitrogen and oxygen atoms in total. The third-order valence-corrected chi connectivity index (χ3v) is 5.42. The number of ketones is 1. The van der Waals surface area contributed by atoms with Gasteiger partial charge in [0, 0.05) is 15.5 Å². The highest BCUT2D eigenvalue weighted by molar-refractivity contribution is 9.10. The molecule has 134 valence electrons. The van der Waals surface area contributed by atoms with E-state index < -0.39 is 17.7 Å². The van der Waals surface area contributed by atoms with E-state index in [2.05, 4.69) is 31.9 Å². The van der Waals surface area contributed by atoms with E-state index in [1.165, 1.54) is 6.92 Å². The fourth-order valence-corrected chi connectivity index (χ4v) is 3.89. The Hall–Kier alpha value is -1.92. The summed E-state index contributed by atoms with van der Waals surface area (Å²) in [5, 5.41) is 10.3. The van der Waals surface area contributed by atoms with Crippen LogP contribution in [0.1, 0.15) is 24.1 Å². The number of halogens is 2. The number of carbonyl (C=O) groups excluding carboxylic acids is 2. The molecule has 2 aromatic rings. The van der Waals surface area contributed by atoms with Crippen LogP contribution in [0, 0.1) is 0 Å². The van der Waals surface area contributed by atoms with Crippen molar-refractivity contribution in [1.82, 2.24) is 4.90 Å². The molecule has 0 aliphatic carbocycles. The van der Waals surface area contributed by atoms with E-state index in [9.17, 15) is 14.7 Å². The Morgan fingerprint density at radius 3 is 2.42 bits per heavy atom. The van der Waals surface area contributed by atoms with E-state index in [0.29, 0.717) is 13.0 Å². The molecule has 0 saturated heterocycles. The normalized spacial score (nSPS) is 17.1. The maximum Gasteiger partial charge on any atom is 0.290 e. The number of hydrogen-bond acceptors (Lipinski definition) is 3. The van der Waals surface area contributed by atoms with E-state index in [1.807, 2.05) is 48.5 Å². The van der Waals surface area contributed by atoms with Crippen molar-refractivity contribution in [2.24, 2.45) is 0 Å². The van der Waals surface area contributed by atoms with Gasteiger partial charge in [0.2, 0.25) is 0 Å². The lowest BCUT2D eigenvalue weighted by atomic mass is 9.96. The first kappa shape index (κ1) is 18.9. The molecule has 0 radical (unpaired) electrons. The first-order valence-electron chi connectivity index (χ1n) is 8.13. The zero-order valence-electron chi connectivity index (χ0n) is 14.1. The highest BCUT2D eigenvalue weighted by Gasteiger charge is 2.41. The number of aliphatic hydroxyl groups excluding tert-OH is 1. The molecule has 3 rings (SSSR count). The predicted molar refractivity (Wildman–Crippen MR) is 107 cm³/mol. The molecule has 1 aliphatic rings. The summed E-state index contributed by atoms with van der Waals surface area (Å²) >= 11 is 6.83. The van der Waals surface area contributed by atoms with Gasteiger partial charge < -0.3 is 10.0 Å². The molecule has 1 heterocycles. The van der Waals surface area contributed by atoms with Crippen molar-refractivity contribution < 1.29 is 14.7 Å². The molecule has 1 amide bonds. The van der Waals surface area contributed by atoms with Crippen molar-refractivity contribution in [1.29, 1.82) is 0 Å². The number of hydrogen-bond donors (Lipinski definition) is 1. The highest BCUT2D eigenvalue weighted by atomic mass is 79.9. The lowest BCUT2D eigenvalue weighted by Crippen LogP contribution is -2.32. The van der Waals surface area contributed by atoms with Gasteiger partial charge >= 0.3 is 0 Å². The van der Waals surface area contributed by atoms with Gasteiger partial charge in [-0.25, -0.2) is 0 Å². The second-order valence-electron chi connectivity index (χ2n) is 6.15. The Morgan fingerprint density at radius 1 is 1.12 bits per heavy atom. The van der Waals surface area contributed by atoms with Crippen LogP contribution in [0.15, 0.2) is 68.8 Å². The zero-order chi connectivity index (χ0) is 18.8. The molecule has 1 unspecified atom stereocenters. The predicted octanol–water partition coefficient (Wildman–Crippen LogP) is 4.74. The molecular formula is C20H17Br2NO3. The van der Waals surface area contributed by atoms with Gasteiger partial charge in [0.05, 0.1) is 11.6 Å². The SMILES string of the molecule is CC(=O)C1=C(O)C(=O)N(CCc2cccc(Br)c2)C1c1ccc(Br)cc1. The number of aliphatic hydroxyl groups is 1. The summed E-state index contributed by atoms with van der Waals surface area (Å²) in [6.45, 7) is 1.78. The maximum absolute atomic E-state index is 12.6. The number of carbonyl (C=O) groups is 2. The van der Waals surface area contributed by atoms with E-state index in [1.54, 1.807) is 4.90 Å². The lowest BCUT2D eigenvalue weighted by molar-refractivity contribution is -0.129. The van der Waals surface area contributed by atoms with Gasteiger partial charge in [-0.2, -0.15) is 0 Å². The minimum absolute atomic E-state index is 0.159. The summed E-state index contributed by atoms with van der Waals surface area (Å²) in [6, 6.07) is 14.7. The summed E-state index contributed by atoms with van der Waals surface area (Å²) < 4.78 is 1.88. The average molecular weight is 479 g/mol. The first-order chi connectivity index (χ1) is 12.4. The minimum Gasteiger partial charge on any atom is -0.503 e. The Bertz CT molecular complexity index is 890. The van der Waals surface area contributed by atoms with Crippen molar-refractivity contribution in [3.63, 3.8) is 0 Å². The molecular weight excluding hydrogens is 462 g/mol. The van der Waals surface area contributed by atoms with Crippen molar-refractivity contribution in [3.05, 3.63) is 79.9 Å². The summed E-state index contributed by atoms with van der Waals surface area (Å²) in [7, 11) is 0. The van der Waals surface area contributed by atoms with Crippen molar-refractivity contribution in [2.75, 3.05) is 6.54 Å². The zero-order valence-corrected chi connectivity index (χ0v) is 17.2. The number of rotatable bonds is 5. The van der Waals surface area contributed by atoms with Crippen molar-refractivity contribution >= 4 is 43.6 Å². The van der Waals surface area contributed by atoms with Crippen LogP contribution in [-0.4, -0.2) is 28.2 Å². The Balaban J connectivity index is 1.92. The number of amides is 1. The Kier molecular flexibility index (Phi) is 5.63. The summed E-state index contributed by atoms with van der Waals surface area (Å²) in [4.78, 5) is 26.3. The number of nitrogens with zero attached hydrogens (tertiary/aromatic N) is 1. The fourth-order valence-electron chi connectivity index (χ4n) is 3.18. The minimum atomic E-state index is -0.569. The molecule has 0 bridgehead atoms. The second kappa shape index (κ2) is 7.76. The molecule has 0 fully saturated rings. The van der Waals surface area contributed by atoms with E-state index in [4.69, 9.17) is 0 Å². The molecule has 2 aromatic carbocycles. The first-order valence-corrected chi connectivity index (χ1v) is 9.72. The summed E-state index contributed by atoms with van der Waals surface area (Å²) in [5.74, 6) is -1.24. The fraction of sp³-hybridized carbons (Fsp3) is 0.200.